The third kappa shape index (κ3) is 2.53. The Kier molecular flexibility index (Phi) is 3.66. The largest absolute Gasteiger partial charge is 0.360 e. The van der Waals surface area contributed by atoms with Gasteiger partial charge in [0.2, 0.25) is 5.95 Å². The topological polar surface area (TPSA) is 80.5 Å². The summed E-state index contributed by atoms with van der Waals surface area (Å²) in [5.41, 5.74) is 0. The third-order valence-corrected chi connectivity index (χ3v) is 2.42. The van der Waals surface area contributed by atoms with Crippen LogP contribution in [0.2, 0.25) is 0 Å². The first-order valence-electron chi connectivity index (χ1n) is 5.55. The summed E-state index contributed by atoms with van der Waals surface area (Å²) in [6, 6.07) is 0. The molecule has 2 aromatic rings. The molecule has 96 valence electrons. The van der Waals surface area contributed by atoms with E-state index >= 15 is 0 Å². The van der Waals surface area contributed by atoms with Gasteiger partial charge in [0.25, 0.3) is 0 Å². The standard InChI is InChI=1S/C10H14FN7/c1-3-18-6-15-17-8(18)5-13-9-7(11)4-14-10(12-2)16-9/h4,6H,3,5H2,1-2H3,(H2,12,13,14,16). The summed E-state index contributed by atoms with van der Waals surface area (Å²) < 4.78 is 15.3. The Morgan fingerprint density at radius 2 is 2.28 bits per heavy atom. The number of hydrogen-bond donors (Lipinski definition) is 2. The van der Waals surface area contributed by atoms with Crippen LogP contribution in [0.1, 0.15) is 12.7 Å². The first kappa shape index (κ1) is 12.2. The van der Waals surface area contributed by atoms with Gasteiger partial charge in [0.15, 0.2) is 17.5 Å². The van der Waals surface area contributed by atoms with E-state index in [-0.39, 0.29) is 5.82 Å². The molecule has 0 atom stereocenters. The Hall–Kier alpha value is -2.25. The van der Waals surface area contributed by atoms with Gasteiger partial charge in [-0.1, -0.05) is 0 Å². The molecule has 0 bridgehead atoms. The minimum absolute atomic E-state index is 0.139. The average molecular weight is 251 g/mol. The van der Waals surface area contributed by atoms with E-state index in [9.17, 15) is 4.39 Å². The number of nitrogens with one attached hydrogen (secondary N) is 2. The monoisotopic (exact) mass is 251 g/mol. The van der Waals surface area contributed by atoms with Crippen molar-refractivity contribution in [3.63, 3.8) is 0 Å². The van der Waals surface area contributed by atoms with Crippen molar-refractivity contribution in [2.45, 2.75) is 20.0 Å². The quantitative estimate of drug-likeness (QED) is 0.821. The molecule has 0 spiro atoms. The van der Waals surface area contributed by atoms with Gasteiger partial charge in [-0.05, 0) is 6.92 Å². The maximum Gasteiger partial charge on any atom is 0.224 e. The first-order chi connectivity index (χ1) is 8.74. The van der Waals surface area contributed by atoms with Gasteiger partial charge in [0.05, 0.1) is 12.7 Å². The number of aromatic nitrogens is 5. The second-order valence-corrected chi connectivity index (χ2v) is 3.53. The molecule has 0 unspecified atom stereocenters. The Labute approximate surface area is 103 Å². The number of anilines is 2. The average Bonchev–Trinajstić information content (AvgIpc) is 2.85. The van der Waals surface area contributed by atoms with Crippen molar-refractivity contribution in [1.29, 1.82) is 0 Å². The zero-order chi connectivity index (χ0) is 13.0. The van der Waals surface area contributed by atoms with Crippen molar-refractivity contribution in [2.75, 3.05) is 17.7 Å². The fourth-order valence-corrected chi connectivity index (χ4v) is 1.45. The van der Waals surface area contributed by atoms with Gasteiger partial charge in [0.1, 0.15) is 6.33 Å². The summed E-state index contributed by atoms with van der Waals surface area (Å²) in [5, 5.41) is 13.4. The number of rotatable bonds is 5. The molecule has 0 saturated heterocycles. The molecule has 2 heterocycles. The van der Waals surface area contributed by atoms with Crippen LogP contribution >= 0.6 is 0 Å². The number of nitrogens with zero attached hydrogens (tertiary/aromatic N) is 5. The van der Waals surface area contributed by atoms with Crippen molar-refractivity contribution in [3.05, 3.63) is 24.2 Å². The van der Waals surface area contributed by atoms with E-state index in [1.165, 1.54) is 0 Å². The molecule has 8 heteroatoms. The lowest BCUT2D eigenvalue weighted by atomic mass is 10.5. The van der Waals surface area contributed by atoms with Crippen LogP contribution in [0.3, 0.4) is 0 Å². The zero-order valence-corrected chi connectivity index (χ0v) is 10.2. The maximum atomic E-state index is 13.5. The van der Waals surface area contributed by atoms with E-state index in [0.717, 1.165) is 18.6 Å². The van der Waals surface area contributed by atoms with Crippen LogP contribution in [0.5, 0.6) is 0 Å². The Morgan fingerprint density at radius 3 is 3.00 bits per heavy atom. The highest BCUT2D eigenvalue weighted by Gasteiger charge is 2.08. The van der Waals surface area contributed by atoms with Crippen LogP contribution in [0.25, 0.3) is 0 Å². The van der Waals surface area contributed by atoms with Gasteiger partial charge >= 0.3 is 0 Å². The van der Waals surface area contributed by atoms with Crippen LogP contribution in [0.15, 0.2) is 12.5 Å². The van der Waals surface area contributed by atoms with Crippen LogP contribution in [-0.4, -0.2) is 31.8 Å². The number of hydrogen-bond acceptors (Lipinski definition) is 6. The van der Waals surface area contributed by atoms with Crippen molar-refractivity contribution in [2.24, 2.45) is 0 Å². The predicted molar refractivity (Wildman–Crippen MR) is 64.6 cm³/mol. The lowest BCUT2D eigenvalue weighted by Crippen LogP contribution is -2.10. The zero-order valence-electron chi connectivity index (χ0n) is 10.2. The van der Waals surface area contributed by atoms with E-state index in [2.05, 4.69) is 30.8 Å². The second kappa shape index (κ2) is 5.39. The van der Waals surface area contributed by atoms with Crippen molar-refractivity contribution < 1.29 is 4.39 Å². The minimum Gasteiger partial charge on any atom is -0.360 e. The van der Waals surface area contributed by atoms with Crippen molar-refractivity contribution in [1.82, 2.24) is 24.7 Å². The number of halogens is 1. The molecule has 0 fully saturated rings. The fourth-order valence-electron chi connectivity index (χ4n) is 1.45. The minimum atomic E-state index is -0.503. The van der Waals surface area contributed by atoms with E-state index in [1.54, 1.807) is 13.4 Å². The molecule has 2 aromatic heterocycles. The number of aryl methyl sites for hydroxylation is 1. The smallest absolute Gasteiger partial charge is 0.224 e. The van der Waals surface area contributed by atoms with Crippen molar-refractivity contribution >= 4 is 11.8 Å². The molecule has 2 rings (SSSR count). The van der Waals surface area contributed by atoms with E-state index in [4.69, 9.17) is 0 Å². The van der Waals surface area contributed by atoms with Crippen molar-refractivity contribution in [3.8, 4) is 0 Å². The molecule has 0 aliphatic carbocycles. The highest BCUT2D eigenvalue weighted by Crippen LogP contribution is 2.12. The van der Waals surface area contributed by atoms with Gasteiger partial charge in [-0.2, -0.15) is 4.98 Å². The van der Waals surface area contributed by atoms with E-state index in [0.29, 0.717) is 12.5 Å². The lowest BCUT2D eigenvalue weighted by Gasteiger charge is -2.08. The Balaban J connectivity index is 2.10. The summed E-state index contributed by atoms with van der Waals surface area (Å²) in [6.45, 7) is 3.10. The van der Waals surface area contributed by atoms with Gasteiger partial charge in [0, 0.05) is 13.6 Å². The molecule has 0 aromatic carbocycles. The summed E-state index contributed by atoms with van der Waals surface area (Å²) >= 11 is 0. The van der Waals surface area contributed by atoms with Gasteiger partial charge in [-0.3, -0.25) is 0 Å². The highest BCUT2D eigenvalue weighted by atomic mass is 19.1. The molecule has 0 amide bonds. The normalized spacial score (nSPS) is 10.4. The molecular weight excluding hydrogens is 237 g/mol. The molecule has 0 radical (unpaired) electrons. The molecule has 18 heavy (non-hydrogen) atoms. The Morgan fingerprint density at radius 1 is 1.44 bits per heavy atom. The van der Waals surface area contributed by atoms with E-state index in [1.807, 2.05) is 11.5 Å². The van der Waals surface area contributed by atoms with Crippen LogP contribution in [0.4, 0.5) is 16.2 Å². The highest BCUT2D eigenvalue weighted by molar-refractivity contribution is 5.40. The van der Waals surface area contributed by atoms with E-state index < -0.39 is 5.82 Å². The van der Waals surface area contributed by atoms with Gasteiger partial charge < -0.3 is 15.2 Å². The van der Waals surface area contributed by atoms with Gasteiger partial charge in [-0.25, -0.2) is 9.37 Å². The third-order valence-electron chi connectivity index (χ3n) is 2.42. The maximum absolute atomic E-state index is 13.5. The molecular formula is C10H14FN7. The summed E-state index contributed by atoms with van der Waals surface area (Å²) in [7, 11) is 1.67. The van der Waals surface area contributed by atoms with Crippen LogP contribution < -0.4 is 10.6 Å². The predicted octanol–water partition coefficient (Wildman–Crippen LogP) is 0.881. The fraction of sp³-hybridized carbons (Fsp3) is 0.400. The first-order valence-corrected chi connectivity index (χ1v) is 5.55. The molecule has 2 N–H and O–H groups in total. The summed E-state index contributed by atoms with van der Waals surface area (Å²) in [4.78, 5) is 7.75. The lowest BCUT2D eigenvalue weighted by molar-refractivity contribution is 0.615. The summed E-state index contributed by atoms with van der Waals surface area (Å²) in [6.07, 6.45) is 2.75. The van der Waals surface area contributed by atoms with Crippen LogP contribution in [-0.2, 0) is 13.1 Å². The Bertz CT molecular complexity index is 525. The SMILES string of the molecule is CCn1cnnc1CNc1nc(NC)ncc1F. The molecule has 0 aliphatic heterocycles. The van der Waals surface area contributed by atoms with Crippen LogP contribution in [0, 0.1) is 5.82 Å². The molecule has 7 nitrogen and oxygen atoms in total. The van der Waals surface area contributed by atoms with Gasteiger partial charge in [-0.15, -0.1) is 10.2 Å². The molecule has 0 aliphatic rings. The summed E-state index contributed by atoms with van der Waals surface area (Å²) in [5.74, 6) is 0.717. The second-order valence-electron chi connectivity index (χ2n) is 3.53. The molecule has 0 saturated carbocycles.